The van der Waals surface area contributed by atoms with E-state index in [4.69, 9.17) is 29.5 Å². The number of aromatic nitrogens is 4. The second-order valence-electron chi connectivity index (χ2n) is 11.0. The van der Waals surface area contributed by atoms with E-state index in [1.807, 2.05) is 121 Å². The average Bonchev–Trinajstić information content (AvgIpc) is 3.23. The molecule has 0 aliphatic carbocycles. The smallest absolute Gasteiger partial charge is 0.160 e. The summed E-state index contributed by atoms with van der Waals surface area (Å²) in [6.07, 6.45) is 0. The molecule has 0 N–H and O–H groups in total. The molecular formula is C44H30N4. The summed E-state index contributed by atoms with van der Waals surface area (Å²) >= 11 is 0. The topological polar surface area (TPSA) is 51.6 Å². The highest BCUT2D eigenvalue weighted by Crippen LogP contribution is 2.32. The van der Waals surface area contributed by atoms with E-state index < -0.39 is 30.2 Å². The first kappa shape index (κ1) is 22.1. The number of hydrogen-bond acceptors (Lipinski definition) is 4. The summed E-state index contributed by atoms with van der Waals surface area (Å²) in [7, 11) is 0. The molecule has 2 heterocycles. The van der Waals surface area contributed by atoms with Crippen molar-refractivity contribution in [1.29, 1.82) is 0 Å². The van der Waals surface area contributed by atoms with Crippen LogP contribution in [0.25, 0.3) is 78.9 Å². The van der Waals surface area contributed by atoms with Crippen LogP contribution in [0.2, 0.25) is 0 Å². The summed E-state index contributed by atoms with van der Waals surface area (Å²) < 4.78 is 59.1. The minimum absolute atomic E-state index is 0.00945. The van der Waals surface area contributed by atoms with E-state index in [2.05, 4.69) is 0 Å². The highest BCUT2D eigenvalue weighted by molar-refractivity contribution is 5.77. The van der Waals surface area contributed by atoms with Gasteiger partial charge in [0.25, 0.3) is 0 Å². The molecule has 0 aliphatic rings. The lowest BCUT2D eigenvalue weighted by atomic mass is 10.0. The van der Waals surface area contributed by atoms with Crippen molar-refractivity contribution in [2.75, 3.05) is 0 Å². The van der Waals surface area contributed by atoms with Crippen LogP contribution < -0.4 is 0 Å². The van der Waals surface area contributed by atoms with Crippen LogP contribution >= 0.6 is 0 Å². The lowest BCUT2D eigenvalue weighted by Gasteiger charge is -2.12. The van der Waals surface area contributed by atoms with Gasteiger partial charge in [-0.2, -0.15) is 0 Å². The Balaban J connectivity index is 1.25. The van der Waals surface area contributed by atoms with Gasteiger partial charge < -0.3 is 0 Å². The number of hydrogen-bond donors (Lipinski definition) is 0. The van der Waals surface area contributed by atoms with Gasteiger partial charge in [-0.1, -0.05) is 164 Å². The van der Waals surface area contributed by atoms with Crippen molar-refractivity contribution >= 4 is 0 Å². The molecule has 0 atom stereocenters. The quantitative estimate of drug-likeness (QED) is 0.178. The fourth-order valence-electron chi connectivity index (χ4n) is 5.43. The molecular weight excluding hydrogens is 585 g/mol. The van der Waals surface area contributed by atoms with Gasteiger partial charge in [0, 0.05) is 33.4 Å². The van der Waals surface area contributed by atoms with Gasteiger partial charge in [0.15, 0.2) is 11.6 Å². The van der Waals surface area contributed by atoms with Crippen LogP contribution in [0, 0.1) is 0 Å². The largest absolute Gasteiger partial charge is 0.228 e. The van der Waals surface area contributed by atoms with Gasteiger partial charge in [0.1, 0.15) is 0 Å². The molecule has 0 spiro atoms. The van der Waals surface area contributed by atoms with Gasteiger partial charge in [0.05, 0.1) is 32.4 Å². The first-order chi connectivity index (χ1) is 26.7. The average molecular weight is 622 g/mol. The predicted molar refractivity (Wildman–Crippen MR) is 196 cm³/mol. The first-order valence-corrected chi connectivity index (χ1v) is 15.4. The van der Waals surface area contributed by atoms with Crippen LogP contribution in [0.4, 0.5) is 0 Å². The molecule has 0 saturated heterocycles. The molecule has 2 aromatic heterocycles. The summed E-state index contributed by atoms with van der Waals surface area (Å²) in [4.78, 5) is 19.7. The molecule has 0 bridgehead atoms. The summed E-state index contributed by atoms with van der Waals surface area (Å²) in [5, 5.41) is 0. The van der Waals surface area contributed by atoms with E-state index >= 15 is 0 Å². The summed E-state index contributed by atoms with van der Waals surface area (Å²) in [5.74, 6) is 0.937. The minimum atomic E-state index is -0.520. The Labute approximate surface area is 290 Å². The third-order valence-corrected chi connectivity index (χ3v) is 7.85. The molecule has 0 aliphatic heterocycles. The van der Waals surface area contributed by atoms with Crippen molar-refractivity contribution < 1.29 is 9.60 Å². The SMILES string of the molecule is [2H]c1cc([2H])c(-c2c([2H])c([2H])c([2H])c([2H])c2[2H])cc1-c1cc(-c2ccccc2)nc(-c2ccc(-c3nc(-c4ccccc4)cc(-c4ccccc4)n3)cc2)n1. The first-order valence-electron chi connectivity index (χ1n) is 18.9. The Bertz CT molecular complexity index is 2620. The lowest BCUT2D eigenvalue weighted by Crippen LogP contribution is -1.97. The number of benzene rings is 6. The Hall–Kier alpha value is -6.52. The highest BCUT2D eigenvalue weighted by Gasteiger charge is 2.14. The van der Waals surface area contributed by atoms with Crippen LogP contribution in [0.5, 0.6) is 0 Å². The predicted octanol–water partition coefficient (Wildman–Crippen LogP) is 10.9. The van der Waals surface area contributed by atoms with Gasteiger partial charge in [-0.05, 0) is 29.3 Å². The molecule has 0 fully saturated rings. The summed E-state index contributed by atoms with van der Waals surface area (Å²) in [6.45, 7) is 0. The van der Waals surface area contributed by atoms with Crippen molar-refractivity contribution in [1.82, 2.24) is 19.9 Å². The summed E-state index contributed by atoms with van der Waals surface area (Å²) in [5.41, 5.74) is 7.11. The van der Waals surface area contributed by atoms with Gasteiger partial charge in [-0.15, -0.1) is 0 Å². The molecule has 6 aromatic carbocycles. The second-order valence-corrected chi connectivity index (χ2v) is 11.0. The minimum Gasteiger partial charge on any atom is -0.228 e. The molecule has 48 heavy (non-hydrogen) atoms. The molecule has 0 radical (unpaired) electrons. The number of rotatable bonds is 7. The molecule has 8 rings (SSSR count). The zero-order chi connectivity index (χ0) is 38.2. The zero-order valence-corrected chi connectivity index (χ0v) is 25.6. The van der Waals surface area contributed by atoms with E-state index in [1.165, 1.54) is 12.1 Å². The van der Waals surface area contributed by atoms with E-state index in [0.29, 0.717) is 34.2 Å². The zero-order valence-electron chi connectivity index (χ0n) is 32.6. The monoisotopic (exact) mass is 621 g/mol. The van der Waals surface area contributed by atoms with E-state index in [9.17, 15) is 0 Å². The van der Waals surface area contributed by atoms with E-state index in [1.54, 1.807) is 6.07 Å². The standard InChI is InChI=1S/C44H30N4/c1-5-14-31(15-6-1)37-22-13-23-38(28-37)42-30-41(34-20-11-4-12-21-34)47-44(48-42)36-26-24-35(25-27-36)43-45-39(32-16-7-2-8-17-32)29-40(46-43)33-18-9-3-10-19-33/h1-30H/i1D,5D,6D,14D,15D,22D,23D. The van der Waals surface area contributed by atoms with Crippen molar-refractivity contribution in [3.8, 4) is 78.9 Å². The molecule has 0 saturated carbocycles. The maximum absolute atomic E-state index is 8.87. The Morgan fingerprint density at radius 1 is 0.292 bits per heavy atom. The molecule has 0 unspecified atom stereocenters. The van der Waals surface area contributed by atoms with Crippen molar-refractivity contribution in [2.45, 2.75) is 0 Å². The Morgan fingerprint density at radius 3 is 1.12 bits per heavy atom. The third kappa shape index (κ3) is 6.15. The second kappa shape index (κ2) is 13.1. The van der Waals surface area contributed by atoms with E-state index in [0.717, 1.165) is 33.6 Å². The van der Waals surface area contributed by atoms with Crippen LogP contribution in [0.1, 0.15) is 9.60 Å². The molecule has 0 amide bonds. The fraction of sp³-hybridized carbons (Fsp3) is 0. The highest BCUT2D eigenvalue weighted by atomic mass is 14.9. The van der Waals surface area contributed by atoms with Crippen molar-refractivity contribution in [2.24, 2.45) is 0 Å². The van der Waals surface area contributed by atoms with Gasteiger partial charge in [0.2, 0.25) is 0 Å². The van der Waals surface area contributed by atoms with Crippen LogP contribution in [0.3, 0.4) is 0 Å². The van der Waals surface area contributed by atoms with Crippen LogP contribution in [-0.4, -0.2) is 19.9 Å². The van der Waals surface area contributed by atoms with Crippen molar-refractivity contribution in [3.05, 3.63) is 182 Å². The third-order valence-electron chi connectivity index (χ3n) is 7.85. The van der Waals surface area contributed by atoms with Gasteiger partial charge >= 0.3 is 0 Å². The Morgan fingerprint density at radius 2 is 0.688 bits per heavy atom. The normalized spacial score (nSPS) is 13.0. The van der Waals surface area contributed by atoms with Gasteiger partial charge in [-0.25, -0.2) is 19.9 Å². The maximum atomic E-state index is 8.87. The molecule has 4 heteroatoms. The molecule has 4 nitrogen and oxygen atoms in total. The lowest BCUT2D eigenvalue weighted by molar-refractivity contribution is 1.17. The summed E-state index contributed by atoms with van der Waals surface area (Å²) in [6, 6.07) is 41.2. The van der Waals surface area contributed by atoms with Crippen LogP contribution in [0.15, 0.2) is 182 Å². The number of nitrogens with zero attached hydrogens (tertiary/aromatic N) is 4. The molecule has 8 aromatic rings. The van der Waals surface area contributed by atoms with E-state index in [-0.39, 0.29) is 23.2 Å². The molecule has 226 valence electrons. The fourth-order valence-corrected chi connectivity index (χ4v) is 5.43. The van der Waals surface area contributed by atoms with Gasteiger partial charge in [-0.3, -0.25) is 0 Å². The van der Waals surface area contributed by atoms with Crippen molar-refractivity contribution in [3.63, 3.8) is 0 Å². The maximum Gasteiger partial charge on any atom is 0.160 e. The Kier molecular flexibility index (Phi) is 6.01. The van der Waals surface area contributed by atoms with Crippen LogP contribution in [-0.2, 0) is 0 Å².